The van der Waals surface area contributed by atoms with Gasteiger partial charge >= 0.3 is 6.03 Å². The van der Waals surface area contributed by atoms with Crippen molar-refractivity contribution in [2.45, 2.75) is 33.4 Å². The van der Waals surface area contributed by atoms with E-state index in [4.69, 9.17) is 0 Å². The van der Waals surface area contributed by atoms with Crippen LogP contribution in [0.3, 0.4) is 0 Å². The average Bonchev–Trinajstić information content (AvgIpc) is 2.72. The minimum Gasteiger partial charge on any atom is -0.336 e. The highest BCUT2D eigenvalue weighted by Gasteiger charge is 2.13. The topological polar surface area (TPSA) is 61.4 Å². The van der Waals surface area contributed by atoms with E-state index in [1.54, 1.807) is 11.3 Å². The number of hydrogen-bond donors (Lipinski definition) is 2. The highest BCUT2D eigenvalue weighted by atomic mass is 79.9. The van der Waals surface area contributed by atoms with Crippen molar-refractivity contribution in [1.29, 1.82) is 0 Å². The molecule has 5 nitrogen and oxygen atoms in total. The third-order valence-corrected chi connectivity index (χ3v) is 4.10. The van der Waals surface area contributed by atoms with Crippen molar-refractivity contribution in [1.82, 2.24) is 15.5 Å². The van der Waals surface area contributed by atoms with Crippen LogP contribution in [0.1, 0.15) is 25.6 Å². The van der Waals surface area contributed by atoms with Gasteiger partial charge in [0.1, 0.15) is 0 Å². The van der Waals surface area contributed by atoms with Crippen molar-refractivity contribution >= 4 is 39.2 Å². The molecule has 0 saturated heterocycles. The Morgan fingerprint density at radius 2 is 2.10 bits per heavy atom. The van der Waals surface area contributed by atoms with Crippen LogP contribution in [0.5, 0.6) is 0 Å². The van der Waals surface area contributed by atoms with Crippen LogP contribution < -0.4 is 10.6 Å². The number of carbonyl (C=O) groups excluding carboxylic acids is 2. The third-order valence-electron chi connectivity index (χ3n) is 2.50. The van der Waals surface area contributed by atoms with Gasteiger partial charge in [-0.25, -0.2) is 4.79 Å². The minimum absolute atomic E-state index is 0.00791. The number of hydrogen-bond acceptors (Lipinski definition) is 4. The smallest absolute Gasteiger partial charge is 0.321 e. The summed E-state index contributed by atoms with van der Waals surface area (Å²) < 4.78 is 1.07. The molecular weight excluding hydrogens is 342 g/mol. The first kappa shape index (κ1) is 17.1. The Labute approximate surface area is 131 Å². The minimum atomic E-state index is -0.445. The van der Waals surface area contributed by atoms with Gasteiger partial charge in [0.25, 0.3) is 0 Å². The molecule has 3 amide bonds. The van der Waals surface area contributed by atoms with Crippen molar-refractivity contribution in [3.63, 3.8) is 0 Å². The molecule has 0 aliphatic carbocycles. The van der Waals surface area contributed by atoms with Gasteiger partial charge in [-0.1, -0.05) is 6.92 Å². The quantitative estimate of drug-likeness (QED) is 0.818. The molecule has 0 saturated carbocycles. The molecule has 0 fully saturated rings. The van der Waals surface area contributed by atoms with E-state index in [1.807, 2.05) is 37.8 Å². The first-order chi connectivity index (χ1) is 9.40. The van der Waals surface area contributed by atoms with Crippen LogP contribution in [0.15, 0.2) is 15.9 Å². The second-order valence-electron chi connectivity index (χ2n) is 4.69. The second-order valence-corrected chi connectivity index (χ2v) is 7.23. The SMILES string of the molecule is CCN(CC(=O)NC(=O)NC(C)C)Cc1ccc(Br)s1. The number of urea groups is 1. The van der Waals surface area contributed by atoms with Crippen LogP contribution in [-0.4, -0.2) is 36.0 Å². The summed E-state index contributed by atoms with van der Waals surface area (Å²) in [6.07, 6.45) is 0. The highest BCUT2D eigenvalue weighted by molar-refractivity contribution is 9.11. The number of amides is 3. The summed E-state index contributed by atoms with van der Waals surface area (Å²) in [6, 6.07) is 3.58. The normalized spacial score (nSPS) is 10.9. The van der Waals surface area contributed by atoms with E-state index in [1.165, 1.54) is 4.88 Å². The van der Waals surface area contributed by atoms with Crippen LogP contribution >= 0.6 is 27.3 Å². The van der Waals surface area contributed by atoms with E-state index in [9.17, 15) is 9.59 Å². The third kappa shape index (κ3) is 6.49. The van der Waals surface area contributed by atoms with Crippen LogP contribution in [-0.2, 0) is 11.3 Å². The van der Waals surface area contributed by atoms with E-state index >= 15 is 0 Å². The maximum atomic E-state index is 11.8. The summed E-state index contributed by atoms with van der Waals surface area (Å²) >= 11 is 5.06. The first-order valence-electron chi connectivity index (χ1n) is 6.47. The predicted octanol–water partition coefficient (Wildman–Crippen LogP) is 2.57. The van der Waals surface area contributed by atoms with Gasteiger partial charge in [0.2, 0.25) is 5.91 Å². The second kappa shape index (κ2) is 8.39. The van der Waals surface area contributed by atoms with E-state index in [0.29, 0.717) is 6.54 Å². The summed E-state index contributed by atoms with van der Waals surface area (Å²) in [5.74, 6) is -0.291. The lowest BCUT2D eigenvalue weighted by atomic mass is 10.4. The zero-order valence-electron chi connectivity index (χ0n) is 11.9. The molecular formula is C13H20BrN3O2S. The molecule has 1 heterocycles. The summed E-state index contributed by atoms with van der Waals surface area (Å²) in [7, 11) is 0. The van der Waals surface area contributed by atoms with Crippen molar-refractivity contribution in [3.05, 3.63) is 20.8 Å². The molecule has 1 rings (SSSR count). The molecule has 0 aliphatic rings. The predicted molar refractivity (Wildman–Crippen MR) is 84.8 cm³/mol. The molecule has 2 N–H and O–H groups in total. The molecule has 0 unspecified atom stereocenters. The Balaban J connectivity index is 2.43. The summed E-state index contributed by atoms with van der Waals surface area (Å²) in [5, 5.41) is 4.95. The van der Waals surface area contributed by atoms with Gasteiger partial charge in [-0.3, -0.25) is 15.0 Å². The number of nitrogens with zero attached hydrogens (tertiary/aromatic N) is 1. The van der Waals surface area contributed by atoms with Crippen LogP contribution in [0.2, 0.25) is 0 Å². The Morgan fingerprint density at radius 1 is 1.40 bits per heavy atom. The molecule has 0 radical (unpaired) electrons. The van der Waals surface area contributed by atoms with Crippen molar-refractivity contribution in [2.75, 3.05) is 13.1 Å². The highest BCUT2D eigenvalue weighted by Crippen LogP contribution is 2.23. The number of halogens is 1. The fourth-order valence-electron chi connectivity index (χ4n) is 1.60. The Bertz CT molecular complexity index is 462. The largest absolute Gasteiger partial charge is 0.336 e. The Hall–Kier alpha value is -0.920. The number of imide groups is 1. The van der Waals surface area contributed by atoms with Gasteiger partial charge in [-0.05, 0) is 48.5 Å². The Kier molecular flexibility index (Phi) is 7.18. The molecule has 0 bridgehead atoms. The fraction of sp³-hybridized carbons (Fsp3) is 0.538. The lowest BCUT2D eigenvalue weighted by Crippen LogP contribution is -2.46. The van der Waals surface area contributed by atoms with Crippen LogP contribution in [0.4, 0.5) is 4.79 Å². The summed E-state index contributed by atoms with van der Waals surface area (Å²) in [4.78, 5) is 26.4. The van der Waals surface area contributed by atoms with Gasteiger partial charge in [0.05, 0.1) is 10.3 Å². The lowest BCUT2D eigenvalue weighted by molar-refractivity contribution is -0.121. The van der Waals surface area contributed by atoms with Gasteiger partial charge in [0, 0.05) is 17.5 Å². The Morgan fingerprint density at radius 3 is 2.60 bits per heavy atom. The molecule has 20 heavy (non-hydrogen) atoms. The summed E-state index contributed by atoms with van der Waals surface area (Å²) in [5.41, 5.74) is 0. The van der Waals surface area contributed by atoms with E-state index in [2.05, 4.69) is 26.6 Å². The number of thiophene rings is 1. The number of rotatable bonds is 6. The van der Waals surface area contributed by atoms with Crippen molar-refractivity contribution in [2.24, 2.45) is 0 Å². The number of likely N-dealkylation sites (N-methyl/N-ethyl adjacent to an activating group) is 1. The van der Waals surface area contributed by atoms with Gasteiger partial charge < -0.3 is 5.32 Å². The monoisotopic (exact) mass is 361 g/mol. The van der Waals surface area contributed by atoms with E-state index < -0.39 is 6.03 Å². The standard InChI is InChI=1S/C13H20BrN3O2S/c1-4-17(7-10-5-6-11(14)20-10)8-12(18)16-13(19)15-9(2)3/h5-6,9H,4,7-8H2,1-3H3,(H2,15,16,18,19). The molecule has 0 aliphatic heterocycles. The van der Waals surface area contributed by atoms with Crippen LogP contribution in [0, 0.1) is 0 Å². The molecule has 0 spiro atoms. The van der Waals surface area contributed by atoms with Crippen LogP contribution in [0.25, 0.3) is 0 Å². The molecule has 0 aromatic carbocycles. The fourth-order valence-corrected chi connectivity index (χ4v) is 3.13. The first-order valence-corrected chi connectivity index (χ1v) is 8.08. The maximum absolute atomic E-state index is 11.8. The number of nitrogens with one attached hydrogen (secondary N) is 2. The maximum Gasteiger partial charge on any atom is 0.321 e. The number of carbonyl (C=O) groups is 2. The van der Waals surface area contributed by atoms with Gasteiger partial charge in [0.15, 0.2) is 0 Å². The molecule has 1 aromatic heterocycles. The molecule has 1 aromatic rings. The van der Waals surface area contributed by atoms with E-state index in [0.717, 1.165) is 10.3 Å². The molecule has 0 atom stereocenters. The zero-order chi connectivity index (χ0) is 15.1. The van der Waals surface area contributed by atoms with Gasteiger partial charge in [-0.2, -0.15) is 0 Å². The van der Waals surface area contributed by atoms with Crippen molar-refractivity contribution in [3.8, 4) is 0 Å². The molecule has 7 heteroatoms. The molecule has 112 valence electrons. The van der Waals surface area contributed by atoms with Gasteiger partial charge in [-0.15, -0.1) is 11.3 Å². The average molecular weight is 362 g/mol. The van der Waals surface area contributed by atoms with E-state index in [-0.39, 0.29) is 18.5 Å². The lowest BCUT2D eigenvalue weighted by Gasteiger charge is -2.19. The summed E-state index contributed by atoms with van der Waals surface area (Å²) in [6.45, 7) is 7.33. The zero-order valence-corrected chi connectivity index (χ0v) is 14.3. The van der Waals surface area contributed by atoms with Crippen molar-refractivity contribution < 1.29 is 9.59 Å².